The van der Waals surface area contributed by atoms with Gasteiger partial charge in [-0.1, -0.05) is 48.0 Å². The van der Waals surface area contributed by atoms with Gasteiger partial charge in [-0.2, -0.15) is 0 Å². The van der Waals surface area contributed by atoms with Crippen molar-refractivity contribution in [2.45, 2.75) is 25.9 Å². The minimum Gasteiger partial charge on any atom is -0.497 e. The zero-order valence-corrected chi connectivity index (χ0v) is 18.1. The number of aryl methyl sites for hydroxylation is 1. The van der Waals surface area contributed by atoms with Crippen LogP contribution in [-0.2, 0) is 24.3 Å². The average Bonchev–Trinajstić information content (AvgIpc) is 2.79. The number of hydrogen-bond donors (Lipinski definition) is 0. The maximum atomic E-state index is 13.1. The standard InChI is InChI=1S/C25H26ClNO3/c1-29-23-12-5-20(6-13-23)17-27(18-21-7-14-24(30-2)15-8-21)25(28)16-9-19-3-10-22(26)11-4-19/h3-8,10-15H,9,16-18H2,1-2H3. The summed E-state index contributed by atoms with van der Waals surface area (Å²) in [6, 6.07) is 23.3. The number of carbonyl (C=O) groups is 1. The van der Waals surface area contributed by atoms with E-state index in [1.807, 2.05) is 77.7 Å². The molecule has 0 radical (unpaired) electrons. The summed E-state index contributed by atoms with van der Waals surface area (Å²) in [5, 5.41) is 0.700. The molecule has 0 unspecified atom stereocenters. The first-order valence-corrected chi connectivity index (χ1v) is 10.2. The lowest BCUT2D eigenvalue weighted by molar-refractivity contribution is -0.132. The van der Waals surface area contributed by atoms with Crippen molar-refractivity contribution in [2.24, 2.45) is 0 Å². The molecule has 0 aliphatic rings. The van der Waals surface area contributed by atoms with Crippen LogP contribution in [0.15, 0.2) is 72.8 Å². The van der Waals surface area contributed by atoms with Crippen molar-refractivity contribution in [1.29, 1.82) is 0 Å². The van der Waals surface area contributed by atoms with Gasteiger partial charge in [0.05, 0.1) is 14.2 Å². The van der Waals surface area contributed by atoms with Crippen LogP contribution < -0.4 is 9.47 Å². The Morgan fingerprint density at radius 3 is 1.60 bits per heavy atom. The van der Waals surface area contributed by atoms with Crippen LogP contribution in [0.2, 0.25) is 5.02 Å². The van der Waals surface area contributed by atoms with Gasteiger partial charge in [-0.05, 0) is 59.5 Å². The highest BCUT2D eigenvalue weighted by molar-refractivity contribution is 6.30. The molecule has 0 atom stereocenters. The summed E-state index contributed by atoms with van der Waals surface area (Å²) >= 11 is 5.96. The number of methoxy groups -OCH3 is 2. The van der Waals surface area contributed by atoms with E-state index in [4.69, 9.17) is 21.1 Å². The fraction of sp³-hybridized carbons (Fsp3) is 0.240. The number of benzene rings is 3. The van der Waals surface area contributed by atoms with Gasteiger partial charge in [0.1, 0.15) is 11.5 Å². The highest BCUT2D eigenvalue weighted by atomic mass is 35.5. The molecule has 0 fully saturated rings. The smallest absolute Gasteiger partial charge is 0.223 e. The van der Waals surface area contributed by atoms with Gasteiger partial charge in [0, 0.05) is 24.5 Å². The SMILES string of the molecule is COc1ccc(CN(Cc2ccc(OC)cc2)C(=O)CCc2ccc(Cl)cc2)cc1. The predicted molar refractivity (Wildman–Crippen MR) is 120 cm³/mol. The molecule has 0 N–H and O–H groups in total. The summed E-state index contributed by atoms with van der Waals surface area (Å²) in [7, 11) is 3.29. The topological polar surface area (TPSA) is 38.8 Å². The fourth-order valence-electron chi connectivity index (χ4n) is 3.20. The van der Waals surface area contributed by atoms with Gasteiger partial charge in [-0.3, -0.25) is 4.79 Å². The van der Waals surface area contributed by atoms with Gasteiger partial charge in [0.15, 0.2) is 0 Å². The second kappa shape index (κ2) is 10.7. The third-order valence-electron chi connectivity index (χ3n) is 4.96. The van der Waals surface area contributed by atoms with Crippen molar-refractivity contribution >= 4 is 17.5 Å². The molecule has 156 valence electrons. The minimum absolute atomic E-state index is 0.108. The maximum Gasteiger partial charge on any atom is 0.223 e. The minimum atomic E-state index is 0.108. The Morgan fingerprint density at radius 2 is 1.17 bits per heavy atom. The fourth-order valence-corrected chi connectivity index (χ4v) is 3.32. The van der Waals surface area contributed by atoms with E-state index in [1.165, 1.54) is 0 Å². The lowest BCUT2D eigenvalue weighted by Gasteiger charge is -2.23. The van der Waals surface area contributed by atoms with Gasteiger partial charge in [0.25, 0.3) is 0 Å². The molecule has 0 aromatic heterocycles. The molecule has 0 aliphatic carbocycles. The Balaban J connectivity index is 1.72. The maximum absolute atomic E-state index is 13.1. The van der Waals surface area contributed by atoms with E-state index in [1.54, 1.807) is 14.2 Å². The second-order valence-corrected chi connectivity index (χ2v) is 7.51. The van der Waals surface area contributed by atoms with Gasteiger partial charge in [0.2, 0.25) is 5.91 Å². The zero-order valence-electron chi connectivity index (χ0n) is 17.3. The van der Waals surface area contributed by atoms with Crippen molar-refractivity contribution in [3.8, 4) is 11.5 Å². The molecule has 0 aliphatic heterocycles. The molecule has 3 aromatic rings. The Morgan fingerprint density at radius 1 is 0.733 bits per heavy atom. The molecular formula is C25H26ClNO3. The van der Waals surface area contributed by atoms with Crippen molar-refractivity contribution < 1.29 is 14.3 Å². The Bertz CT molecular complexity index is 888. The summed E-state index contributed by atoms with van der Waals surface area (Å²) < 4.78 is 10.5. The summed E-state index contributed by atoms with van der Waals surface area (Å²) in [5.41, 5.74) is 3.22. The first-order chi connectivity index (χ1) is 14.6. The van der Waals surface area contributed by atoms with Gasteiger partial charge in [-0.25, -0.2) is 0 Å². The molecule has 0 heterocycles. The second-order valence-electron chi connectivity index (χ2n) is 7.07. The number of hydrogen-bond acceptors (Lipinski definition) is 3. The number of carbonyl (C=O) groups excluding carboxylic acids is 1. The van der Waals surface area contributed by atoms with Crippen molar-refractivity contribution in [3.05, 3.63) is 94.5 Å². The highest BCUT2D eigenvalue weighted by Gasteiger charge is 2.15. The molecule has 30 heavy (non-hydrogen) atoms. The lowest BCUT2D eigenvalue weighted by Crippen LogP contribution is -2.30. The molecule has 3 rings (SSSR count). The molecule has 3 aromatic carbocycles. The van der Waals surface area contributed by atoms with Crippen LogP contribution in [0.4, 0.5) is 0 Å². The van der Waals surface area contributed by atoms with E-state index in [-0.39, 0.29) is 5.91 Å². The Kier molecular flexibility index (Phi) is 7.75. The van der Waals surface area contributed by atoms with E-state index in [0.717, 1.165) is 28.2 Å². The molecule has 0 saturated heterocycles. The highest BCUT2D eigenvalue weighted by Crippen LogP contribution is 2.18. The number of amides is 1. The first kappa shape index (κ1) is 21.7. The normalized spacial score (nSPS) is 10.5. The third kappa shape index (κ3) is 6.26. The van der Waals surface area contributed by atoms with Crippen LogP contribution in [0.25, 0.3) is 0 Å². The Hall–Kier alpha value is -2.98. The van der Waals surface area contributed by atoms with Gasteiger partial charge in [-0.15, -0.1) is 0 Å². The largest absolute Gasteiger partial charge is 0.497 e. The summed E-state index contributed by atoms with van der Waals surface area (Å²) in [5.74, 6) is 1.71. The van der Waals surface area contributed by atoms with Gasteiger partial charge >= 0.3 is 0 Å². The lowest BCUT2D eigenvalue weighted by atomic mass is 10.1. The number of ether oxygens (including phenoxy) is 2. The summed E-state index contributed by atoms with van der Waals surface area (Å²) in [4.78, 5) is 15.0. The van der Waals surface area contributed by atoms with E-state index in [9.17, 15) is 4.79 Å². The quantitative estimate of drug-likeness (QED) is 0.455. The summed E-state index contributed by atoms with van der Waals surface area (Å²) in [6.07, 6.45) is 1.12. The number of rotatable bonds is 9. The number of nitrogens with zero attached hydrogens (tertiary/aromatic N) is 1. The molecule has 5 heteroatoms. The van der Waals surface area contributed by atoms with Crippen LogP contribution >= 0.6 is 11.6 Å². The first-order valence-electron chi connectivity index (χ1n) is 9.85. The third-order valence-corrected chi connectivity index (χ3v) is 5.21. The van der Waals surface area contributed by atoms with Crippen molar-refractivity contribution in [1.82, 2.24) is 4.90 Å². The summed E-state index contributed by atoms with van der Waals surface area (Å²) in [6.45, 7) is 1.07. The molecule has 0 saturated carbocycles. The molecule has 4 nitrogen and oxygen atoms in total. The zero-order chi connectivity index (χ0) is 21.3. The van der Waals surface area contributed by atoms with E-state index < -0.39 is 0 Å². The van der Waals surface area contributed by atoms with E-state index in [0.29, 0.717) is 31.0 Å². The van der Waals surface area contributed by atoms with E-state index >= 15 is 0 Å². The average molecular weight is 424 g/mol. The molecule has 1 amide bonds. The van der Waals surface area contributed by atoms with Crippen LogP contribution in [0.1, 0.15) is 23.1 Å². The number of halogens is 1. The molecular weight excluding hydrogens is 398 g/mol. The van der Waals surface area contributed by atoms with E-state index in [2.05, 4.69) is 0 Å². The van der Waals surface area contributed by atoms with Crippen LogP contribution in [-0.4, -0.2) is 25.0 Å². The predicted octanol–water partition coefficient (Wildman–Crippen LogP) is 5.52. The van der Waals surface area contributed by atoms with Crippen molar-refractivity contribution in [2.75, 3.05) is 14.2 Å². The van der Waals surface area contributed by atoms with Gasteiger partial charge < -0.3 is 14.4 Å². The Labute approximate surface area is 183 Å². The van der Waals surface area contributed by atoms with Crippen molar-refractivity contribution in [3.63, 3.8) is 0 Å². The van der Waals surface area contributed by atoms with Crippen LogP contribution in [0.3, 0.4) is 0 Å². The molecule has 0 bridgehead atoms. The molecule has 0 spiro atoms. The monoisotopic (exact) mass is 423 g/mol. The van der Waals surface area contributed by atoms with Crippen LogP contribution in [0, 0.1) is 0 Å². The van der Waals surface area contributed by atoms with Crippen LogP contribution in [0.5, 0.6) is 11.5 Å².